The van der Waals surface area contributed by atoms with Gasteiger partial charge in [-0.15, -0.1) is 0 Å². The summed E-state index contributed by atoms with van der Waals surface area (Å²) in [7, 11) is 0. The second-order valence-corrected chi connectivity index (χ2v) is 7.01. The molecule has 0 aliphatic carbocycles. The maximum absolute atomic E-state index is 12.6. The normalized spacial score (nSPS) is 15.6. The number of benzene rings is 2. The zero-order valence-electron chi connectivity index (χ0n) is 14.1. The van der Waals surface area contributed by atoms with Crippen LogP contribution >= 0.6 is 15.9 Å². The summed E-state index contributed by atoms with van der Waals surface area (Å²) in [6, 6.07) is 13.3. The van der Waals surface area contributed by atoms with Crippen molar-refractivity contribution in [2.75, 3.05) is 5.32 Å². The van der Waals surface area contributed by atoms with Crippen molar-refractivity contribution in [1.29, 1.82) is 0 Å². The molecule has 1 aliphatic rings. The third-order valence-electron chi connectivity index (χ3n) is 4.31. The lowest BCUT2D eigenvalue weighted by molar-refractivity contribution is -0.129. The van der Waals surface area contributed by atoms with Gasteiger partial charge in [-0.3, -0.25) is 9.59 Å². The minimum atomic E-state index is -0.297. The third kappa shape index (κ3) is 3.82. The number of fused-ring (bicyclic) bond motifs is 1. The van der Waals surface area contributed by atoms with Crippen molar-refractivity contribution in [3.05, 3.63) is 69.8 Å². The average Bonchev–Trinajstić information content (AvgIpc) is 2.57. The van der Waals surface area contributed by atoms with Gasteiger partial charge in [0.05, 0.1) is 12.5 Å². The number of amides is 2. The Hall–Kier alpha value is -2.40. The second-order valence-electron chi connectivity index (χ2n) is 6.10. The van der Waals surface area contributed by atoms with Crippen LogP contribution < -0.4 is 5.32 Å². The van der Waals surface area contributed by atoms with Crippen molar-refractivity contribution in [2.45, 2.75) is 26.3 Å². The SMILES string of the molecule is CC(=O)N1C=Cc2ccccc2[C@@H]1CC(=O)Nc1ccc(Br)cc1C. The van der Waals surface area contributed by atoms with Gasteiger partial charge in [-0.25, -0.2) is 0 Å². The van der Waals surface area contributed by atoms with Crippen LogP contribution in [0.25, 0.3) is 6.08 Å². The van der Waals surface area contributed by atoms with E-state index in [-0.39, 0.29) is 24.3 Å². The molecular weight excluding hydrogens is 380 g/mol. The molecule has 0 spiro atoms. The molecule has 1 aliphatic heterocycles. The number of aryl methyl sites for hydroxylation is 1. The van der Waals surface area contributed by atoms with Gasteiger partial charge in [-0.05, 0) is 47.9 Å². The number of nitrogens with one attached hydrogen (secondary N) is 1. The summed E-state index contributed by atoms with van der Waals surface area (Å²) < 4.78 is 0.970. The smallest absolute Gasteiger partial charge is 0.226 e. The number of nitrogens with zero attached hydrogens (tertiary/aromatic N) is 1. The van der Waals surface area contributed by atoms with Gasteiger partial charge in [0.25, 0.3) is 0 Å². The number of anilines is 1. The highest BCUT2D eigenvalue weighted by molar-refractivity contribution is 9.10. The van der Waals surface area contributed by atoms with Gasteiger partial charge in [-0.2, -0.15) is 0 Å². The van der Waals surface area contributed by atoms with Crippen LogP contribution in [-0.2, 0) is 9.59 Å². The van der Waals surface area contributed by atoms with Crippen LogP contribution in [0.4, 0.5) is 5.69 Å². The first-order chi connectivity index (χ1) is 12.0. The molecule has 3 rings (SSSR count). The van der Waals surface area contributed by atoms with Crippen molar-refractivity contribution >= 4 is 39.5 Å². The fraction of sp³-hybridized carbons (Fsp3) is 0.200. The number of carbonyl (C=O) groups excluding carboxylic acids is 2. The molecule has 0 unspecified atom stereocenters. The third-order valence-corrected chi connectivity index (χ3v) is 4.80. The Morgan fingerprint density at radius 2 is 1.96 bits per heavy atom. The molecule has 0 fully saturated rings. The molecule has 0 saturated carbocycles. The molecule has 1 N–H and O–H groups in total. The van der Waals surface area contributed by atoms with Crippen LogP contribution in [0.3, 0.4) is 0 Å². The molecule has 1 heterocycles. The number of carbonyl (C=O) groups is 2. The van der Waals surface area contributed by atoms with Gasteiger partial charge in [-0.1, -0.05) is 40.2 Å². The van der Waals surface area contributed by atoms with Gasteiger partial charge in [0.15, 0.2) is 0 Å². The molecule has 0 saturated heterocycles. The van der Waals surface area contributed by atoms with Crippen molar-refractivity contribution in [1.82, 2.24) is 4.90 Å². The fourth-order valence-electron chi connectivity index (χ4n) is 3.06. The molecule has 0 bridgehead atoms. The summed E-state index contributed by atoms with van der Waals surface area (Å²) in [5.74, 6) is -0.199. The second kappa shape index (κ2) is 7.23. The van der Waals surface area contributed by atoms with E-state index >= 15 is 0 Å². The highest BCUT2D eigenvalue weighted by Crippen LogP contribution is 2.33. The van der Waals surface area contributed by atoms with E-state index in [0.717, 1.165) is 26.9 Å². The standard InChI is InChI=1S/C20H19BrN2O2/c1-13-11-16(21)7-8-18(13)22-20(25)12-19-17-6-4-3-5-15(17)9-10-23(19)14(2)24/h3-11,19H,12H2,1-2H3,(H,22,25)/t19-/m0/s1. The molecule has 4 nitrogen and oxygen atoms in total. The summed E-state index contributed by atoms with van der Waals surface area (Å²) >= 11 is 3.42. The molecule has 2 aromatic carbocycles. The van der Waals surface area contributed by atoms with E-state index in [1.165, 1.54) is 6.92 Å². The number of hydrogen-bond donors (Lipinski definition) is 1. The van der Waals surface area contributed by atoms with E-state index in [1.54, 1.807) is 11.1 Å². The van der Waals surface area contributed by atoms with E-state index in [0.29, 0.717) is 0 Å². The van der Waals surface area contributed by atoms with Crippen LogP contribution in [0.5, 0.6) is 0 Å². The molecule has 0 radical (unpaired) electrons. The Morgan fingerprint density at radius 3 is 2.68 bits per heavy atom. The average molecular weight is 399 g/mol. The summed E-state index contributed by atoms with van der Waals surface area (Å²) in [5.41, 5.74) is 3.79. The van der Waals surface area contributed by atoms with E-state index in [1.807, 2.05) is 55.5 Å². The highest BCUT2D eigenvalue weighted by Gasteiger charge is 2.28. The monoisotopic (exact) mass is 398 g/mol. The van der Waals surface area contributed by atoms with Crippen molar-refractivity contribution in [3.63, 3.8) is 0 Å². The fourth-order valence-corrected chi connectivity index (χ4v) is 3.53. The molecule has 0 aromatic heterocycles. The molecule has 2 amide bonds. The van der Waals surface area contributed by atoms with Crippen molar-refractivity contribution in [2.24, 2.45) is 0 Å². The number of hydrogen-bond acceptors (Lipinski definition) is 2. The maximum Gasteiger partial charge on any atom is 0.226 e. The largest absolute Gasteiger partial charge is 0.326 e. The lowest BCUT2D eigenvalue weighted by atomic mass is 9.93. The quantitative estimate of drug-likeness (QED) is 0.816. The molecule has 1 atom stereocenters. The Labute approximate surface area is 155 Å². The Morgan fingerprint density at radius 1 is 1.20 bits per heavy atom. The van der Waals surface area contributed by atoms with Gasteiger partial charge in [0, 0.05) is 23.3 Å². The van der Waals surface area contributed by atoms with Gasteiger partial charge < -0.3 is 10.2 Å². The van der Waals surface area contributed by atoms with E-state index in [9.17, 15) is 9.59 Å². The van der Waals surface area contributed by atoms with Crippen molar-refractivity contribution in [3.8, 4) is 0 Å². The topological polar surface area (TPSA) is 49.4 Å². The van der Waals surface area contributed by atoms with Crippen LogP contribution in [0, 0.1) is 6.92 Å². The minimum absolute atomic E-state index is 0.0802. The zero-order valence-corrected chi connectivity index (χ0v) is 15.7. The van der Waals surface area contributed by atoms with Crippen LogP contribution in [0.15, 0.2) is 53.1 Å². The summed E-state index contributed by atoms with van der Waals surface area (Å²) in [4.78, 5) is 26.2. The molecular formula is C20H19BrN2O2. The lowest BCUT2D eigenvalue weighted by Gasteiger charge is -2.32. The van der Waals surface area contributed by atoms with Crippen LogP contribution in [0.1, 0.15) is 36.1 Å². The first-order valence-corrected chi connectivity index (χ1v) is 8.87. The Balaban J connectivity index is 1.82. The predicted molar refractivity (Wildman–Crippen MR) is 103 cm³/mol. The zero-order chi connectivity index (χ0) is 18.0. The molecule has 25 heavy (non-hydrogen) atoms. The van der Waals surface area contributed by atoms with E-state index in [4.69, 9.17) is 0 Å². The summed E-state index contributed by atoms with van der Waals surface area (Å²) in [6.45, 7) is 3.46. The predicted octanol–water partition coefficient (Wildman–Crippen LogP) is 4.66. The number of halogens is 1. The molecule has 128 valence electrons. The van der Waals surface area contributed by atoms with E-state index in [2.05, 4.69) is 21.2 Å². The Kier molecular flexibility index (Phi) is 5.04. The van der Waals surface area contributed by atoms with Crippen LogP contribution in [0.2, 0.25) is 0 Å². The maximum atomic E-state index is 12.6. The first-order valence-electron chi connectivity index (χ1n) is 8.08. The van der Waals surface area contributed by atoms with Gasteiger partial charge in [0.1, 0.15) is 0 Å². The summed E-state index contributed by atoms with van der Waals surface area (Å²) in [6.07, 6.45) is 3.87. The minimum Gasteiger partial charge on any atom is -0.326 e. The highest BCUT2D eigenvalue weighted by atomic mass is 79.9. The van der Waals surface area contributed by atoms with E-state index < -0.39 is 0 Å². The Bertz CT molecular complexity index is 861. The summed E-state index contributed by atoms with van der Waals surface area (Å²) in [5, 5.41) is 2.95. The lowest BCUT2D eigenvalue weighted by Crippen LogP contribution is -2.33. The molecule has 5 heteroatoms. The van der Waals surface area contributed by atoms with Crippen LogP contribution in [-0.4, -0.2) is 16.7 Å². The van der Waals surface area contributed by atoms with Gasteiger partial charge >= 0.3 is 0 Å². The molecule has 2 aromatic rings. The van der Waals surface area contributed by atoms with Gasteiger partial charge in [0.2, 0.25) is 11.8 Å². The first kappa shape index (κ1) is 17.4. The number of rotatable bonds is 3. The van der Waals surface area contributed by atoms with Crippen molar-refractivity contribution < 1.29 is 9.59 Å².